The summed E-state index contributed by atoms with van der Waals surface area (Å²) in [5.74, 6) is -1.13. The average Bonchev–Trinajstić information content (AvgIpc) is 2.88. The molecule has 1 atom stereocenters. The maximum Gasteiger partial charge on any atom is 0.312 e. The first-order chi connectivity index (χ1) is 11.3. The molecule has 0 aromatic rings. The van der Waals surface area contributed by atoms with E-state index >= 15 is 0 Å². The van der Waals surface area contributed by atoms with Gasteiger partial charge in [-0.05, 0) is 33.4 Å². The van der Waals surface area contributed by atoms with Crippen molar-refractivity contribution < 1.29 is 18.0 Å². The van der Waals surface area contributed by atoms with Crippen LogP contribution in [0.4, 0.5) is 0 Å². The average molecular weight is 359 g/mol. The van der Waals surface area contributed by atoms with Gasteiger partial charge >= 0.3 is 11.8 Å². The van der Waals surface area contributed by atoms with Crippen LogP contribution in [0.5, 0.6) is 0 Å². The Kier molecular flexibility index (Phi) is 6.62. The Bertz CT molecular complexity index is 556. The van der Waals surface area contributed by atoms with Crippen LogP contribution in [0.3, 0.4) is 0 Å². The molecule has 138 valence electrons. The lowest BCUT2D eigenvalue weighted by molar-refractivity contribution is -0.147. The Hall–Kier alpha value is -1.15. The highest BCUT2D eigenvalue weighted by Gasteiger charge is 2.37. The Morgan fingerprint density at radius 1 is 1.04 bits per heavy atom. The monoisotopic (exact) mass is 359 g/mol. The Morgan fingerprint density at radius 2 is 1.71 bits per heavy atom. The normalized spacial score (nSPS) is 24.0. The molecule has 0 bridgehead atoms. The number of amides is 2. The molecule has 0 radical (unpaired) electrons. The molecule has 7 nitrogen and oxygen atoms in total. The molecule has 1 saturated heterocycles. The Balaban J connectivity index is 2.01. The first-order valence-corrected chi connectivity index (χ1v) is 10.6. The smallest absolute Gasteiger partial charge is 0.312 e. The summed E-state index contributed by atoms with van der Waals surface area (Å²) < 4.78 is 23.5. The molecule has 1 unspecified atom stereocenters. The van der Waals surface area contributed by atoms with E-state index in [1.54, 1.807) is 0 Å². The molecule has 1 N–H and O–H groups in total. The van der Waals surface area contributed by atoms with Gasteiger partial charge in [-0.15, -0.1) is 0 Å². The van der Waals surface area contributed by atoms with Crippen LogP contribution in [-0.2, 0) is 19.4 Å². The van der Waals surface area contributed by atoms with E-state index < -0.39 is 21.7 Å². The summed E-state index contributed by atoms with van der Waals surface area (Å²) >= 11 is 0. The molecule has 2 rings (SSSR count). The van der Waals surface area contributed by atoms with E-state index in [2.05, 4.69) is 5.32 Å². The van der Waals surface area contributed by atoms with Crippen LogP contribution in [0.15, 0.2) is 0 Å². The maximum atomic E-state index is 12.6. The third-order valence-corrected chi connectivity index (χ3v) is 6.58. The zero-order chi connectivity index (χ0) is 17.7. The summed E-state index contributed by atoms with van der Waals surface area (Å²) in [5, 5.41) is 2.84. The third kappa shape index (κ3) is 5.44. The van der Waals surface area contributed by atoms with Gasteiger partial charge in [0.05, 0.1) is 11.5 Å². The number of carbonyl (C=O) groups is 2. The summed E-state index contributed by atoms with van der Waals surface area (Å²) in [7, 11) is 0.665. The fourth-order valence-corrected chi connectivity index (χ4v) is 5.13. The molecule has 1 aliphatic carbocycles. The topological polar surface area (TPSA) is 86.8 Å². The number of hydrogen-bond acceptors (Lipinski definition) is 5. The van der Waals surface area contributed by atoms with Crippen molar-refractivity contribution in [2.45, 2.75) is 50.6 Å². The largest absolute Gasteiger partial charge is 0.345 e. The van der Waals surface area contributed by atoms with Crippen LogP contribution >= 0.6 is 0 Å². The molecule has 8 heteroatoms. The highest BCUT2D eigenvalue weighted by atomic mass is 32.2. The van der Waals surface area contributed by atoms with Gasteiger partial charge in [-0.1, -0.05) is 19.3 Å². The van der Waals surface area contributed by atoms with E-state index in [-0.39, 0.29) is 23.6 Å². The van der Waals surface area contributed by atoms with Crippen LogP contribution in [-0.4, -0.2) is 80.8 Å². The number of nitrogens with zero attached hydrogens (tertiary/aromatic N) is 2. The number of sulfone groups is 1. The summed E-state index contributed by atoms with van der Waals surface area (Å²) in [4.78, 5) is 28.4. The van der Waals surface area contributed by atoms with Gasteiger partial charge < -0.3 is 15.1 Å². The van der Waals surface area contributed by atoms with Gasteiger partial charge in [0.1, 0.15) is 0 Å². The Morgan fingerprint density at radius 3 is 2.25 bits per heavy atom. The summed E-state index contributed by atoms with van der Waals surface area (Å²) in [6.07, 6.45) is 5.56. The van der Waals surface area contributed by atoms with Crippen molar-refractivity contribution in [1.82, 2.24) is 15.1 Å². The fourth-order valence-electron chi connectivity index (χ4n) is 3.40. The van der Waals surface area contributed by atoms with Gasteiger partial charge in [0.15, 0.2) is 9.84 Å². The number of rotatable bonds is 5. The van der Waals surface area contributed by atoms with Crippen molar-refractivity contribution in [3.05, 3.63) is 0 Å². The molecule has 0 spiro atoms. The van der Waals surface area contributed by atoms with Crippen molar-refractivity contribution in [3.8, 4) is 0 Å². The molecule has 0 aromatic heterocycles. The second kappa shape index (κ2) is 8.29. The highest BCUT2D eigenvalue weighted by Crippen LogP contribution is 2.19. The fraction of sp³-hybridized carbons (Fsp3) is 0.875. The lowest BCUT2D eigenvalue weighted by atomic mass is 9.95. The number of carbonyl (C=O) groups excluding carboxylic acids is 2. The minimum atomic E-state index is -3.10. The molecular formula is C16H29N3O4S. The predicted molar refractivity (Wildman–Crippen MR) is 92.3 cm³/mol. The quantitative estimate of drug-likeness (QED) is 0.699. The molecule has 0 aromatic carbocycles. The van der Waals surface area contributed by atoms with Gasteiger partial charge in [0.25, 0.3) is 0 Å². The van der Waals surface area contributed by atoms with E-state index in [0.717, 1.165) is 25.7 Å². The minimum absolute atomic E-state index is 0.0388. The number of hydrogen-bond donors (Lipinski definition) is 1. The lowest BCUT2D eigenvalue weighted by Gasteiger charge is -2.30. The van der Waals surface area contributed by atoms with E-state index in [4.69, 9.17) is 0 Å². The number of nitrogens with one attached hydrogen (secondary N) is 1. The summed E-state index contributed by atoms with van der Waals surface area (Å²) in [6.45, 7) is 0.961. The van der Waals surface area contributed by atoms with E-state index in [9.17, 15) is 18.0 Å². The predicted octanol–water partition coefficient (Wildman–Crippen LogP) is 0.0126. The third-order valence-electron chi connectivity index (χ3n) is 4.83. The van der Waals surface area contributed by atoms with E-state index in [1.807, 2.05) is 19.0 Å². The molecule has 1 aliphatic heterocycles. The van der Waals surface area contributed by atoms with E-state index in [1.165, 1.54) is 11.3 Å². The van der Waals surface area contributed by atoms with Gasteiger partial charge in [-0.2, -0.15) is 0 Å². The second-order valence-corrected chi connectivity index (χ2v) is 9.40. The van der Waals surface area contributed by atoms with Crippen LogP contribution in [0.1, 0.15) is 38.5 Å². The first-order valence-electron chi connectivity index (χ1n) is 8.75. The minimum Gasteiger partial charge on any atom is -0.345 e. The van der Waals surface area contributed by atoms with Crippen molar-refractivity contribution in [1.29, 1.82) is 0 Å². The molecule has 1 saturated carbocycles. The van der Waals surface area contributed by atoms with Crippen molar-refractivity contribution in [3.63, 3.8) is 0 Å². The van der Waals surface area contributed by atoms with Crippen molar-refractivity contribution in [2.24, 2.45) is 0 Å². The van der Waals surface area contributed by atoms with Crippen molar-refractivity contribution >= 4 is 21.7 Å². The SMILES string of the molecule is CN(C)CCN(C(=O)C(=O)NC1CCCCC1)C1CCS(=O)(=O)C1. The molecule has 2 aliphatic rings. The number of likely N-dealkylation sites (N-methyl/N-ethyl adjacent to an activating group) is 1. The molecule has 2 amide bonds. The van der Waals surface area contributed by atoms with Crippen LogP contribution in [0.2, 0.25) is 0 Å². The molecular weight excluding hydrogens is 330 g/mol. The standard InChI is InChI=1S/C16H29N3O4S/c1-18(2)9-10-19(14-8-11-24(22,23)12-14)16(21)15(20)17-13-6-4-3-5-7-13/h13-14H,3-12H2,1-2H3,(H,17,20). The zero-order valence-corrected chi connectivity index (χ0v) is 15.5. The lowest BCUT2D eigenvalue weighted by Crippen LogP contribution is -2.52. The van der Waals surface area contributed by atoms with E-state index in [0.29, 0.717) is 19.5 Å². The second-order valence-electron chi connectivity index (χ2n) is 7.17. The van der Waals surface area contributed by atoms with Gasteiger partial charge in [0, 0.05) is 25.2 Å². The molecule has 2 fully saturated rings. The van der Waals surface area contributed by atoms with Crippen LogP contribution < -0.4 is 5.32 Å². The first kappa shape index (κ1) is 19.2. The van der Waals surface area contributed by atoms with Gasteiger partial charge in [-0.25, -0.2) is 8.42 Å². The summed E-state index contributed by atoms with van der Waals surface area (Å²) in [6, 6.07) is -0.322. The van der Waals surface area contributed by atoms with Crippen LogP contribution in [0.25, 0.3) is 0 Å². The Labute approximate surface area is 144 Å². The van der Waals surface area contributed by atoms with Gasteiger partial charge in [0.2, 0.25) is 0 Å². The maximum absolute atomic E-state index is 12.6. The zero-order valence-electron chi connectivity index (χ0n) is 14.7. The van der Waals surface area contributed by atoms with Crippen molar-refractivity contribution in [2.75, 3.05) is 38.7 Å². The van der Waals surface area contributed by atoms with Gasteiger partial charge in [-0.3, -0.25) is 9.59 Å². The summed E-state index contributed by atoms with van der Waals surface area (Å²) in [5.41, 5.74) is 0. The molecule has 24 heavy (non-hydrogen) atoms. The highest BCUT2D eigenvalue weighted by molar-refractivity contribution is 7.91. The van der Waals surface area contributed by atoms with Crippen LogP contribution in [0, 0.1) is 0 Å². The molecule has 1 heterocycles.